The molecule has 14 heteroatoms. The summed E-state index contributed by atoms with van der Waals surface area (Å²) in [5.74, 6) is -7.02. The molecule has 3 amide bonds. The van der Waals surface area contributed by atoms with E-state index in [4.69, 9.17) is 4.74 Å². The van der Waals surface area contributed by atoms with Gasteiger partial charge in [0.25, 0.3) is 5.91 Å². The highest BCUT2D eigenvalue weighted by atomic mass is 16.5. The van der Waals surface area contributed by atoms with E-state index < -0.39 is 81.3 Å². The first-order valence-electron chi connectivity index (χ1n) is 14.0. The van der Waals surface area contributed by atoms with E-state index in [0.29, 0.717) is 5.69 Å². The van der Waals surface area contributed by atoms with Crippen LogP contribution in [0.1, 0.15) is 47.0 Å². The summed E-state index contributed by atoms with van der Waals surface area (Å²) in [6.07, 6.45) is -1.12. The lowest BCUT2D eigenvalue weighted by molar-refractivity contribution is 0.0271. The van der Waals surface area contributed by atoms with Crippen LogP contribution >= 0.6 is 0 Å². The van der Waals surface area contributed by atoms with Crippen LogP contribution in [0.2, 0.25) is 0 Å². The molecule has 1 heterocycles. The maximum absolute atomic E-state index is 13.3. The number of ether oxygens (including phenoxy) is 1. The molecule has 0 bridgehead atoms. The van der Waals surface area contributed by atoms with Gasteiger partial charge in [0.05, 0.1) is 29.3 Å². The van der Waals surface area contributed by atoms with Crippen LogP contribution in [-0.2, 0) is 4.74 Å². The third-order valence-corrected chi connectivity index (χ3v) is 7.34. The van der Waals surface area contributed by atoms with Gasteiger partial charge in [-0.05, 0) is 60.7 Å². The second-order valence-electron chi connectivity index (χ2n) is 10.5. The van der Waals surface area contributed by atoms with Crippen LogP contribution in [-0.4, -0.2) is 85.3 Å². The van der Waals surface area contributed by atoms with E-state index in [1.165, 1.54) is 35.2 Å². The number of phenols is 4. The molecule has 47 heavy (non-hydrogen) atoms. The molecular formula is C33H27N3O11. The zero-order valence-corrected chi connectivity index (χ0v) is 24.3. The Kier molecular flexibility index (Phi) is 8.94. The fraction of sp³-hybridized carbons (Fsp3) is 0.121. The molecule has 0 unspecified atom stereocenters. The van der Waals surface area contributed by atoms with Crippen molar-refractivity contribution in [3.8, 4) is 23.0 Å². The van der Waals surface area contributed by atoms with E-state index in [-0.39, 0.29) is 24.4 Å². The second kappa shape index (κ2) is 13.2. The quantitative estimate of drug-likeness (QED) is 0.109. The number of aromatic carboxylic acids is 1. The van der Waals surface area contributed by atoms with Crippen LogP contribution in [0.5, 0.6) is 23.0 Å². The van der Waals surface area contributed by atoms with Gasteiger partial charge < -0.3 is 45.8 Å². The maximum Gasteiger partial charge on any atom is 0.338 e. The summed E-state index contributed by atoms with van der Waals surface area (Å²) in [6.45, 7) is -0.235. The number of carbonyl (C=O) groups is 5. The number of carbonyl (C=O) groups excluding carboxylic acids is 4. The van der Waals surface area contributed by atoms with Crippen LogP contribution in [0.4, 0.5) is 10.5 Å². The minimum Gasteiger partial charge on any atom is -0.508 e. The highest BCUT2D eigenvalue weighted by molar-refractivity contribution is 6.18. The summed E-state index contributed by atoms with van der Waals surface area (Å²) < 4.78 is 5.62. The molecule has 14 nitrogen and oxygen atoms in total. The minimum atomic E-state index is -1.54. The Morgan fingerprint density at radius 2 is 1.38 bits per heavy atom. The average Bonchev–Trinajstić information content (AvgIpc) is 3.43. The number of aromatic hydroxyl groups is 4. The lowest BCUT2D eigenvalue weighted by atomic mass is 9.95. The highest BCUT2D eigenvalue weighted by Gasteiger charge is 2.39. The van der Waals surface area contributed by atoms with Gasteiger partial charge in [-0.3, -0.25) is 9.59 Å². The zero-order valence-electron chi connectivity index (χ0n) is 24.3. The molecule has 1 saturated heterocycles. The molecule has 7 N–H and O–H groups in total. The SMILES string of the molecule is O=C(N[C@@H]1CN(C(=O)Nc2ccccc2)C[C@H]1OC(=O)c1cc(O)c(C(=O)c2c(O)cccc2C(=O)O)c(O)c1)c1ccc(O)cc1. The lowest BCUT2D eigenvalue weighted by Crippen LogP contribution is -2.44. The van der Waals surface area contributed by atoms with Gasteiger partial charge in [-0.15, -0.1) is 0 Å². The van der Waals surface area contributed by atoms with Crippen molar-refractivity contribution in [2.24, 2.45) is 0 Å². The van der Waals surface area contributed by atoms with Gasteiger partial charge in [-0.1, -0.05) is 24.3 Å². The molecule has 0 aromatic heterocycles. The second-order valence-corrected chi connectivity index (χ2v) is 10.5. The molecule has 1 aliphatic heterocycles. The number of rotatable bonds is 8. The number of nitrogens with zero attached hydrogens (tertiary/aromatic N) is 1. The number of phenolic OH excluding ortho intramolecular Hbond substituents is 4. The average molecular weight is 642 g/mol. The Balaban J connectivity index is 1.38. The van der Waals surface area contributed by atoms with Crippen molar-refractivity contribution < 1.29 is 54.2 Å². The number of amides is 3. The Labute approximate surface area is 266 Å². The van der Waals surface area contributed by atoms with E-state index in [1.807, 2.05) is 0 Å². The Hall–Kier alpha value is -6.57. The number of para-hydroxylation sites is 1. The van der Waals surface area contributed by atoms with Crippen LogP contribution in [0, 0.1) is 0 Å². The van der Waals surface area contributed by atoms with Gasteiger partial charge in [0.2, 0.25) is 5.78 Å². The zero-order chi connectivity index (χ0) is 33.8. The Morgan fingerprint density at radius 3 is 2.02 bits per heavy atom. The van der Waals surface area contributed by atoms with Gasteiger partial charge in [0.15, 0.2) is 0 Å². The van der Waals surface area contributed by atoms with E-state index >= 15 is 0 Å². The molecule has 4 aromatic carbocycles. The first-order chi connectivity index (χ1) is 22.4. The highest BCUT2D eigenvalue weighted by Crippen LogP contribution is 2.35. The molecule has 1 fully saturated rings. The number of carboxylic acid groups (broad SMARTS) is 1. The van der Waals surface area contributed by atoms with Crippen molar-refractivity contribution in [2.75, 3.05) is 18.4 Å². The molecule has 5 rings (SSSR count). The van der Waals surface area contributed by atoms with Crippen molar-refractivity contribution in [3.63, 3.8) is 0 Å². The van der Waals surface area contributed by atoms with Crippen molar-refractivity contribution in [1.29, 1.82) is 0 Å². The number of hydrogen-bond acceptors (Lipinski definition) is 10. The molecule has 1 aliphatic rings. The number of carboxylic acids is 1. The number of esters is 1. The molecule has 4 aromatic rings. The van der Waals surface area contributed by atoms with Gasteiger partial charge in [0, 0.05) is 17.8 Å². The van der Waals surface area contributed by atoms with Gasteiger partial charge in [-0.25, -0.2) is 14.4 Å². The third kappa shape index (κ3) is 6.91. The number of likely N-dealkylation sites (tertiary alicyclic amines) is 1. The number of hydrogen-bond donors (Lipinski definition) is 7. The standard InChI is InChI=1S/C33H27N3O11/c37-20-11-9-17(10-12-20)30(42)35-22-15-36(33(46)34-19-5-2-1-3-6-19)16-26(22)47-32(45)18-13-24(39)28(25(40)14-18)29(41)27-21(31(43)44)7-4-8-23(27)38/h1-14,22,26,37-40H,15-16H2,(H,34,46)(H,35,42)(H,43,44)/t22-,26-/m1/s1. The molecule has 0 aliphatic carbocycles. The van der Waals surface area contributed by atoms with E-state index in [9.17, 15) is 49.5 Å². The van der Waals surface area contributed by atoms with E-state index in [1.54, 1.807) is 30.3 Å². The van der Waals surface area contributed by atoms with Crippen molar-refractivity contribution >= 4 is 35.3 Å². The fourth-order valence-electron chi connectivity index (χ4n) is 5.04. The molecule has 2 atom stereocenters. The Morgan fingerprint density at radius 1 is 0.723 bits per heavy atom. The number of urea groups is 1. The molecule has 0 saturated carbocycles. The van der Waals surface area contributed by atoms with Crippen LogP contribution < -0.4 is 10.6 Å². The minimum absolute atomic E-state index is 0.0555. The lowest BCUT2D eigenvalue weighted by Gasteiger charge is -2.20. The normalized spacial score (nSPS) is 15.4. The van der Waals surface area contributed by atoms with E-state index in [2.05, 4.69) is 10.6 Å². The monoisotopic (exact) mass is 641 g/mol. The topological polar surface area (TPSA) is 223 Å². The van der Waals surface area contributed by atoms with Gasteiger partial charge in [-0.2, -0.15) is 0 Å². The summed E-state index contributed by atoms with van der Waals surface area (Å²) in [5, 5.41) is 55.9. The number of benzene rings is 4. The summed E-state index contributed by atoms with van der Waals surface area (Å²) in [5.41, 5.74) is -1.77. The van der Waals surface area contributed by atoms with E-state index in [0.717, 1.165) is 24.3 Å². The number of anilines is 1. The summed E-state index contributed by atoms with van der Waals surface area (Å²) in [6, 6.07) is 17.4. The predicted molar refractivity (Wildman–Crippen MR) is 164 cm³/mol. The first kappa shape index (κ1) is 31.8. The Bertz CT molecular complexity index is 1850. The predicted octanol–water partition coefficient (Wildman–Crippen LogP) is 3.31. The van der Waals surface area contributed by atoms with Crippen molar-refractivity contribution in [2.45, 2.75) is 12.1 Å². The largest absolute Gasteiger partial charge is 0.508 e. The maximum atomic E-state index is 13.3. The number of ketones is 1. The third-order valence-electron chi connectivity index (χ3n) is 7.34. The molecule has 0 spiro atoms. The first-order valence-corrected chi connectivity index (χ1v) is 14.0. The smallest absolute Gasteiger partial charge is 0.338 e. The number of nitrogens with one attached hydrogen (secondary N) is 2. The summed E-state index contributed by atoms with van der Waals surface area (Å²) >= 11 is 0. The van der Waals surface area contributed by atoms with Gasteiger partial charge in [0.1, 0.15) is 34.7 Å². The van der Waals surface area contributed by atoms with Crippen LogP contribution in [0.3, 0.4) is 0 Å². The fourth-order valence-corrected chi connectivity index (χ4v) is 5.04. The molecule has 0 radical (unpaired) electrons. The molecule has 240 valence electrons. The summed E-state index contributed by atoms with van der Waals surface area (Å²) in [4.78, 5) is 65.3. The van der Waals surface area contributed by atoms with Crippen molar-refractivity contribution in [1.82, 2.24) is 10.2 Å². The summed E-state index contributed by atoms with van der Waals surface area (Å²) in [7, 11) is 0. The van der Waals surface area contributed by atoms with Crippen LogP contribution in [0.25, 0.3) is 0 Å². The van der Waals surface area contributed by atoms with Crippen LogP contribution in [0.15, 0.2) is 84.9 Å². The van der Waals surface area contributed by atoms with Gasteiger partial charge >= 0.3 is 18.0 Å². The van der Waals surface area contributed by atoms with Crippen molar-refractivity contribution in [3.05, 3.63) is 113 Å². The molecular weight excluding hydrogens is 614 g/mol.